The van der Waals surface area contributed by atoms with E-state index in [9.17, 15) is 4.79 Å². The zero-order chi connectivity index (χ0) is 27.0. The van der Waals surface area contributed by atoms with Crippen LogP contribution in [0, 0.1) is 17.8 Å². The van der Waals surface area contributed by atoms with Gasteiger partial charge < -0.3 is 25.6 Å². The van der Waals surface area contributed by atoms with Gasteiger partial charge in [-0.3, -0.25) is 4.79 Å². The van der Waals surface area contributed by atoms with E-state index >= 15 is 0 Å². The van der Waals surface area contributed by atoms with Crippen molar-refractivity contribution in [1.82, 2.24) is 15.5 Å². The second-order valence-electron chi connectivity index (χ2n) is 11.5. The summed E-state index contributed by atoms with van der Waals surface area (Å²) in [6.45, 7) is 10.3. The lowest BCUT2D eigenvalue weighted by Crippen LogP contribution is -2.69. The van der Waals surface area contributed by atoms with Gasteiger partial charge in [0.05, 0.1) is 13.9 Å². The quantitative estimate of drug-likeness (QED) is 0.524. The van der Waals surface area contributed by atoms with Gasteiger partial charge in [0, 0.05) is 17.4 Å². The van der Waals surface area contributed by atoms with Gasteiger partial charge in [-0.2, -0.15) is 0 Å². The minimum atomic E-state index is -0.869. The summed E-state index contributed by atoms with van der Waals surface area (Å²) in [5.41, 5.74) is 0.648. The van der Waals surface area contributed by atoms with Crippen LogP contribution in [0.4, 0.5) is 5.69 Å². The van der Waals surface area contributed by atoms with Gasteiger partial charge in [0.25, 0.3) is 0 Å². The predicted molar refractivity (Wildman–Crippen MR) is 154 cm³/mol. The van der Waals surface area contributed by atoms with Gasteiger partial charge in [-0.15, -0.1) is 0 Å². The van der Waals surface area contributed by atoms with Crippen LogP contribution in [0.2, 0.25) is 5.82 Å². The first-order valence-corrected chi connectivity index (χ1v) is 13.8. The molecule has 6 unspecified atom stereocenters. The third-order valence-electron chi connectivity index (χ3n) is 8.30. The summed E-state index contributed by atoms with van der Waals surface area (Å²) in [6.07, 6.45) is 8.32. The highest BCUT2D eigenvalue weighted by molar-refractivity contribution is 6.32. The SMILES string of the molecule is [B]C1C2=NC(=NC3CCN(C)CC3)NC(C)(Nc3ccc(OC4=CC(C)C(C)C=C4)cc3)C2C(=O)NC1C. The number of ether oxygens (including phenoxy) is 1. The molecule has 4 aliphatic rings. The van der Waals surface area contributed by atoms with Crippen molar-refractivity contribution in [2.24, 2.45) is 27.7 Å². The van der Waals surface area contributed by atoms with Gasteiger partial charge in [-0.1, -0.05) is 19.9 Å². The van der Waals surface area contributed by atoms with Gasteiger partial charge in [-0.05, 0) is 101 Å². The maximum Gasteiger partial charge on any atom is 0.233 e. The van der Waals surface area contributed by atoms with Crippen LogP contribution in [0.1, 0.15) is 40.5 Å². The highest BCUT2D eigenvalue weighted by Crippen LogP contribution is 2.35. The summed E-state index contributed by atoms with van der Waals surface area (Å²) in [7, 11) is 8.69. The van der Waals surface area contributed by atoms with E-state index in [1.165, 1.54) is 0 Å². The van der Waals surface area contributed by atoms with Crippen LogP contribution in [-0.4, -0.2) is 68.2 Å². The van der Waals surface area contributed by atoms with Crippen molar-refractivity contribution in [3.05, 3.63) is 48.3 Å². The molecule has 3 aliphatic heterocycles. The third kappa shape index (κ3) is 5.53. The molecule has 5 rings (SSSR count). The van der Waals surface area contributed by atoms with E-state index in [4.69, 9.17) is 22.6 Å². The Balaban J connectivity index is 1.38. The summed E-state index contributed by atoms with van der Waals surface area (Å²) in [4.78, 5) is 25.3. The fourth-order valence-electron chi connectivity index (χ4n) is 5.59. The number of aliphatic imine (C=N–C) groups is 2. The van der Waals surface area contributed by atoms with Gasteiger partial charge in [0.15, 0.2) is 0 Å². The predicted octanol–water partition coefficient (Wildman–Crippen LogP) is 3.51. The highest BCUT2D eigenvalue weighted by atomic mass is 16.5. The number of amides is 1. The molecule has 1 amide bonds. The lowest BCUT2D eigenvalue weighted by molar-refractivity contribution is -0.125. The van der Waals surface area contributed by atoms with Crippen LogP contribution in [0.25, 0.3) is 0 Å². The van der Waals surface area contributed by atoms with Crippen LogP contribution in [0.15, 0.2) is 58.2 Å². The van der Waals surface area contributed by atoms with Crippen LogP contribution in [0.5, 0.6) is 5.75 Å². The van der Waals surface area contributed by atoms with Crippen molar-refractivity contribution in [3.63, 3.8) is 0 Å². The molecule has 1 aromatic rings. The Morgan fingerprint density at radius 1 is 1.16 bits per heavy atom. The number of carbonyl (C=O) groups is 1. The van der Waals surface area contributed by atoms with E-state index in [1.807, 2.05) is 44.2 Å². The third-order valence-corrected chi connectivity index (χ3v) is 8.30. The molecule has 0 bridgehead atoms. The molecule has 3 heterocycles. The van der Waals surface area contributed by atoms with E-state index in [2.05, 4.69) is 53.9 Å². The number of allylic oxidation sites excluding steroid dienone is 3. The first-order valence-electron chi connectivity index (χ1n) is 13.8. The van der Waals surface area contributed by atoms with Gasteiger partial charge in [0.2, 0.25) is 11.9 Å². The van der Waals surface area contributed by atoms with E-state index < -0.39 is 11.6 Å². The maximum atomic E-state index is 13.2. The molecule has 8 nitrogen and oxygen atoms in total. The summed E-state index contributed by atoms with van der Waals surface area (Å²) in [5, 5.41) is 10.1. The zero-order valence-electron chi connectivity index (χ0n) is 23.1. The van der Waals surface area contributed by atoms with Crippen molar-refractivity contribution in [2.75, 3.05) is 25.5 Å². The molecule has 0 saturated carbocycles. The Morgan fingerprint density at radius 2 is 1.87 bits per heavy atom. The summed E-state index contributed by atoms with van der Waals surface area (Å²) in [6, 6.07) is 7.78. The minimum Gasteiger partial charge on any atom is -0.458 e. The Labute approximate surface area is 227 Å². The molecule has 3 N–H and O–H groups in total. The number of benzene rings is 1. The topological polar surface area (TPSA) is 90.3 Å². The normalized spacial score (nSPS) is 35.0. The molecule has 2 radical (unpaired) electrons. The minimum absolute atomic E-state index is 0.0990. The Morgan fingerprint density at radius 3 is 2.55 bits per heavy atom. The molecule has 38 heavy (non-hydrogen) atoms. The first kappa shape index (κ1) is 26.5. The van der Waals surface area contributed by atoms with Crippen molar-refractivity contribution < 1.29 is 9.53 Å². The van der Waals surface area contributed by atoms with Crippen molar-refractivity contribution >= 4 is 31.1 Å². The van der Waals surface area contributed by atoms with E-state index in [0.29, 0.717) is 23.5 Å². The molecule has 1 aromatic carbocycles. The average Bonchev–Trinajstić information content (AvgIpc) is 2.87. The lowest BCUT2D eigenvalue weighted by atomic mass is 9.67. The molecule has 2 saturated heterocycles. The average molecular weight is 514 g/mol. The molecule has 200 valence electrons. The standard InChI is InChI=1S/C29H39BN6O2/c1-17-6-9-23(16-18(17)2)38-22-10-7-21(8-11-22)34-29(4)24-26(25(30)19(3)31-27(24)37)33-28(35-29)32-20-12-14-36(5)15-13-20/h6-11,16-20,24-25,34H,12-15H2,1-5H3,(H,31,37)(H,32,35). The van der Waals surface area contributed by atoms with Gasteiger partial charge >= 0.3 is 0 Å². The molecule has 1 aliphatic carbocycles. The monoisotopic (exact) mass is 514 g/mol. The van der Waals surface area contributed by atoms with Crippen LogP contribution < -0.4 is 20.7 Å². The van der Waals surface area contributed by atoms with Crippen molar-refractivity contribution in [1.29, 1.82) is 0 Å². The van der Waals surface area contributed by atoms with Gasteiger partial charge in [0.1, 0.15) is 23.1 Å². The highest BCUT2D eigenvalue weighted by Gasteiger charge is 2.51. The second-order valence-corrected chi connectivity index (χ2v) is 11.5. The lowest BCUT2D eigenvalue weighted by Gasteiger charge is -2.48. The number of hydrogen-bond donors (Lipinski definition) is 3. The number of anilines is 1. The molecule has 2 fully saturated rings. The number of nitrogens with zero attached hydrogens (tertiary/aromatic N) is 3. The fraction of sp³-hybridized carbons (Fsp3) is 0.552. The van der Waals surface area contributed by atoms with Crippen LogP contribution in [-0.2, 0) is 4.79 Å². The van der Waals surface area contributed by atoms with Crippen molar-refractivity contribution in [2.45, 2.75) is 64.1 Å². The number of rotatable bonds is 5. The summed E-state index contributed by atoms with van der Waals surface area (Å²) < 4.78 is 6.09. The first-order chi connectivity index (χ1) is 18.1. The number of nitrogens with one attached hydrogen (secondary N) is 3. The molecule has 6 atom stereocenters. The van der Waals surface area contributed by atoms with Gasteiger partial charge in [-0.25, -0.2) is 9.98 Å². The Hall–Kier alpha value is -3.07. The second kappa shape index (κ2) is 10.6. The van der Waals surface area contributed by atoms with E-state index in [1.54, 1.807) is 0 Å². The van der Waals surface area contributed by atoms with Crippen molar-refractivity contribution in [3.8, 4) is 5.75 Å². The van der Waals surface area contributed by atoms with E-state index in [0.717, 1.165) is 43.1 Å². The molecular weight excluding hydrogens is 475 g/mol. The zero-order valence-corrected chi connectivity index (χ0v) is 23.1. The molecule has 9 heteroatoms. The molecular formula is C29H39BN6O2. The smallest absolute Gasteiger partial charge is 0.233 e. The maximum absolute atomic E-state index is 13.2. The number of piperidine rings is 2. The number of fused-ring (bicyclic) bond motifs is 1. The Bertz CT molecular complexity index is 1170. The Kier molecular flexibility index (Phi) is 7.40. The number of carbonyl (C=O) groups excluding carboxylic acids is 1. The van der Waals surface area contributed by atoms with Crippen LogP contribution in [0.3, 0.4) is 0 Å². The molecule has 0 aromatic heterocycles. The summed E-state index contributed by atoms with van der Waals surface area (Å²) in [5.74, 6) is 2.03. The number of hydrogen-bond acceptors (Lipinski definition) is 5. The number of likely N-dealkylation sites (tertiary alicyclic amines) is 1. The summed E-state index contributed by atoms with van der Waals surface area (Å²) >= 11 is 0. The van der Waals surface area contributed by atoms with E-state index in [-0.39, 0.29) is 23.8 Å². The molecule has 0 spiro atoms. The number of guanidine groups is 1. The van der Waals surface area contributed by atoms with Crippen LogP contribution >= 0.6 is 0 Å². The largest absolute Gasteiger partial charge is 0.458 e. The fourth-order valence-corrected chi connectivity index (χ4v) is 5.59.